The lowest BCUT2D eigenvalue weighted by molar-refractivity contribution is -0.167. The molecule has 0 aromatic rings. The van der Waals surface area contributed by atoms with Gasteiger partial charge in [-0.3, -0.25) is 14.4 Å². The fraction of sp³-hybridized carbons (Fsp3) is 0.712. The van der Waals surface area contributed by atoms with E-state index < -0.39 is 6.10 Å². The summed E-state index contributed by atoms with van der Waals surface area (Å²) in [4.78, 5) is 37.8. The minimum atomic E-state index is -0.788. The molecule has 0 amide bonds. The second-order valence-corrected chi connectivity index (χ2v) is 15.8. The van der Waals surface area contributed by atoms with E-state index in [0.717, 1.165) is 70.6 Å². The Morgan fingerprint density at radius 3 is 1.05 bits per heavy atom. The van der Waals surface area contributed by atoms with Crippen molar-refractivity contribution in [1.82, 2.24) is 0 Å². The van der Waals surface area contributed by atoms with Gasteiger partial charge >= 0.3 is 17.9 Å². The Balaban J connectivity index is 4.46. The van der Waals surface area contributed by atoms with Crippen LogP contribution in [-0.4, -0.2) is 37.2 Å². The van der Waals surface area contributed by atoms with Crippen LogP contribution in [0, 0.1) is 0 Å². The molecule has 332 valence electrons. The van der Waals surface area contributed by atoms with Crippen molar-refractivity contribution in [3.63, 3.8) is 0 Å². The monoisotopic (exact) mass is 809 g/mol. The van der Waals surface area contributed by atoms with Crippen molar-refractivity contribution < 1.29 is 28.6 Å². The molecule has 0 rings (SSSR count). The summed E-state index contributed by atoms with van der Waals surface area (Å²) in [6.07, 6.45) is 57.3. The van der Waals surface area contributed by atoms with Crippen LogP contribution in [0.3, 0.4) is 0 Å². The number of carbonyl (C=O) groups is 3. The molecular formula is C52H88O6. The van der Waals surface area contributed by atoms with Crippen LogP contribution in [-0.2, 0) is 28.6 Å². The molecule has 0 spiro atoms. The molecule has 0 aliphatic carbocycles. The van der Waals surface area contributed by atoms with Gasteiger partial charge in [-0.25, -0.2) is 0 Å². The Morgan fingerprint density at radius 2 is 0.672 bits per heavy atom. The largest absolute Gasteiger partial charge is 0.462 e. The molecule has 0 aromatic heterocycles. The molecule has 1 atom stereocenters. The summed E-state index contributed by atoms with van der Waals surface area (Å²) in [5.41, 5.74) is 0. The lowest BCUT2D eigenvalue weighted by Gasteiger charge is -2.18. The van der Waals surface area contributed by atoms with E-state index in [0.29, 0.717) is 19.3 Å². The first-order chi connectivity index (χ1) is 28.5. The Morgan fingerprint density at radius 1 is 0.362 bits per heavy atom. The second-order valence-electron chi connectivity index (χ2n) is 15.8. The van der Waals surface area contributed by atoms with Gasteiger partial charge in [0.05, 0.1) is 0 Å². The number of hydrogen-bond acceptors (Lipinski definition) is 6. The van der Waals surface area contributed by atoms with E-state index >= 15 is 0 Å². The predicted octanol–water partition coefficient (Wildman–Crippen LogP) is 15.5. The topological polar surface area (TPSA) is 78.9 Å². The third-order valence-electron chi connectivity index (χ3n) is 10.1. The summed E-state index contributed by atoms with van der Waals surface area (Å²) in [6.45, 7) is 6.44. The van der Waals surface area contributed by atoms with Crippen LogP contribution in [0.4, 0.5) is 0 Å². The van der Waals surface area contributed by atoms with Gasteiger partial charge in [0.25, 0.3) is 0 Å². The number of allylic oxidation sites excluding steroid dienone is 12. The molecule has 1 unspecified atom stereocenters. The lowest BCUT2D eigenvalue weighted by Crippen LogP contribution is -2.30. The van der Waals surface area contributed by atoms with Gasteiger partial charge < -0.3 is 14.2 Å². The van der Waals surface area contributed by atoms with E-state index in [4.69, 9.17) is 14.2 Å². The van der Waals surface area contributed by atoms with Crippen molar-refractivity contribution in [3.8, 4) is 0 Å². The number of ether oxygens (including phenoxy) is 3. The molecule has 0 radical (unpaired) electrons. The van der Waals surface area contributed by atoms with Crippen molar-refractivity contribution in [1.29, 1.82) is 0 Å². The third kappa shape index (κ3) is 44.0. The molecule has 0 bridgehead atoms. The normalized spacial score (nSPS) is 12.7. The minimum Gasteiger partial charge on any atom is -0.462 e. The highest BCUT2D eigenvalue weighted by atomic mass is 16.6. The van der Waals surface area contributed by atoms with Gasteiger partial charge in [0.1, 0.15) is 13.2 Å². The maximum absolute atomic E-state index is 12.7. The van der Waals surface area contributed by atoms with Crippen molar-refractivity contribution in [2.24, 2.45) is 0 Å². The van der Waals surface area contributed by atoms with Gasteiger partial charge in [-0.05, 0) is 38.5 Å². The number of unbranched alkanes of at least 4 members (excludes halogenated alkanes) is 24. The van der Waals surface area contributed by atoms with Crippen LogP contribution in [0.2, 0.25) is 0 Å². The average Bonchev–Trinajstić information content (AvgIpc) is 3.22. The Kier molecular flexibility index (Phi) is 44.0. The average molecular weight is 809 g/mol. The first kappa shape index (κ1) is 54.9. The summed E-state index contributed by atoms with van der Waals surface area (Å²) in [5.74, 6) is -0.933. The van der Waals surface area contributed by atoms with Crippen molar-refractivity contribution in [2.75, 3.05) is 13.2 Å². The van der Waals surface area contributed by atoms with E-state index in [-0.39, 0.29) is 31.1 Å². The number of carbonyl (C=O) groups excluding carboxylic acids is 3. The number of esters is 3. The van der Waals surface area contributed by atoms with Crippen molar-refractivity contribution in [2.45, 2.75) is 226 Å². The zero-order valence-electron chi connectivity index (χ0n) is 37.8. The van der Waals surface area contributed by atoms with Gasteiger partial charge in [-0.15, -0.1) is 0 Å². The van der Waals surface area contributed by atoms with E-state index in [9.17, 15) is 14.4 Å². The van der Waals surface area contributed by atoms with Gasteiger partial charge in [0.2, 0.25) is 0 Å². The van der Waals surface area contributed by atoms with Gasteiger partial charge in [0, 0.05) is 19.3 Å². The number of rotatable bonds is 42. The second kappa shape index (κ2) is 46.5. The first-order valence-corrected chi connectivity index (χ1v) is 24.0. The lowest BCUT2D eigenvalue weighted by atomic mass is 10.0. The Bertz CT molecular complexity index is 1110. The third-order valence-corrected chi connectivity index (χ3v) is 10.1. The molecule has 6 nitrogen and oxygen atoms in total. The fourth-order valence-corrected chi connectivity index (χ4v) is 6.53. The minimum absolute atomic E-state index is 0.0874. The standard InChI is InChI=1S/C52H88O6/c1-4-7-10-13-16-19-22-24-25-26-27-28-31-33-36-39-42-45-51(54)57-48-49(47-56-50(53)44-41-38-35-32-29-21-18-15-12-9-6-3)58-52(55)46-43-40-37-34-30-23-20-17-14-11-8-5-2/h7,10,13,16,19,22,24-28,31,49H,4-6,8-9,11-12,14-15,17-18,20-21,23,29-30,32-48H2,1-3H3/b10-7-,16-13-,22-19-,25-24-,27-26+,31-28-. The summed E-state index contributed by atoms with van der Waals surface area (Å²) < 4.78 is 16.7. The highest BCUT2D eigenvalue weighted by Gasteiger charge is 2.19. The zero-order valence-corrected chi connectivity index (χ0v) is 37.8. The summed E-state index contributed by atoms with van der Waals surface area (Å²) in [6, 6.07) is 0. The predicted molar refractivity (Wildman–Crippen MR) is 247 cm³/mol. The van der Waals surface area contributed by atoms with Crippen LogP contribution < -0.4 is 0 Å². The van der Waals surface area contributed by atoms with Crippen LogP contribution in [0.25, 0.3) is 0 Å². The molecule has 0 aliphatic heterocycles. The SMILES string of the molecule is CC\C=C/C=C\C=C/C=C\C=C\C=C/CCCCCC(=O)OCC(COC(=O)CCCCCCCCCCCCC)OC(=O)CCCCCCCCCCCCCC. The van der Waals surface area contributed by atoms with Crippen molar-refractivity contribution >= 4 is 17.9 Å². The molecule has 6 heteroatoms. The smallest absolute Gasteiger partial charge is 0.306 e. The van der Waals surface area contributed by atoms with Crippen molar-refractivity contribution in [3.05, 3.63) is 72.9 Å². The summed E-state index contributed by atoms with van der Waals surface area (Å²) >= 11 is 0. The van der Waals surface area contributed by atoms with Gasteiger partial charge in [-0.2, -0.15) is 0 Å². The van der Waals surface area contributed by atoms with E-state index in [2.05, 4.69) is 32.9 Å². The highest BCUT2D eigenvalue weighted by Crippen LogP contribution is 2.15. The molecule has 0 aromatic carbocycles. The molecular weight excluding hydrogens is 721 g/mol. The molecule has 0 saturated heterocycles. The van der Waals surface area contributed by atoms with E-state index in [1.807, 2.05) is 60.8 Å². The maximum atomic E-state index is 12.7. The van der Waals surface area contributed by atoms with Gasteiger partial charge in [-0.1, -0.05) is 235 Å². The fourth-order valence-electron chi connectivity index (χ4n) is 6.53. The summed E-state index contributed by atoms with van der Waals surface area (Å²) in [5, 5.41) is 0. The summed E-state index contributed by atoms with van der Waals surface area (Å²) in [7, 11) is 0. The van der Waals surface area contributed by atoms with E-state index in [1.54, 1.807) is 0 Å². The van der Waals surface area contributed by atoms with Crippen LogP contribution >= 0.6 is 0 Å². The molecule has 0 aliphatic rings. The number of hydrogen-bond donors (Lipinski definition) is 0. The van der Waals surface area contributed by atoms with Crippen LogP contribution in [0.5, 0.6) is 0 Å². The molecule has 0 heterocycles. The van der Waals surface area contributed by atoms with Crippen LogP contribution in [0.1, 0.15) is 220 Å². The molecule has 58 heavy (non-hydrogen) atoms. The Labute approximate surface area is 357 Å². The maximum Gasteiger partial charge on any atom is 0.306 e. The molecule has 0 fully saturated rings. The Hall–Kier alpha value is -3.15. The highest BCUT2D eigenvalue weighted by molar-refractivity contribution is 5.71. The zero-order chi connectivity index (χ0) is 42.3. The van der Waals surface area contributed by atoms with Crippen LogP contribution in [0.15, 0.2) is 72.9 Å². The van der Waals surface area contributed by atoms with E-state index in [1.165, 1.54) is 109 Å². The van der Waals surface area contributed by atoms with Gasteiger partial charge in [0.15, 0.2) is 6.10 Å². The quantitative estimate of drug-likeness (QED) is 0.0264. The molecule has 0 N–H and O–H groups in total. The molecule has 0 saturated carbocycles. The first-order valence-electron chi connectivity index (χ1n) is 24.0.